The third-order valence-electron chi connectivity index (χ3n) is 2.70. The fraction of sp³-hybridized carbons (Fsp3) is 0.333. The summed E-state index contributed by atoms with van der Waals surface area (Å²) in [6, 6.07) is -0.0916. The van der Waals surface area contributed by atoms with Crippen LogP contribution in [-0.2, 0) is 9.53 Å². The van der Waals surface area contributed by atoms with E-state index < -0.39 is 29.4 Å². The maximum atomic E-state index is 13.6. The number of benzene rings is 1. The number of ether oxygens (including phenoxy) is 1. The second-order valence-corrected chi connectivity index (χ2v) is 4.08. The van der Waals surface area contributed by atoms with Crippen molar-refractivity contribution in [3.63, 3.8) is 0 Å². The highest BCUT2D eigenvalue weighted by Gasteiger charge is 2.32. The molecule has 0 radical (unpaired) electrons. The molecule has 1 atom stereocenters. The number of rotatable bonds is 4. The van der Waals surface area contributed by atoms with Crippen LogP contribution in [0.4, 0.5) is 13.2 Å². The van der Waals surface area contributed by atoms with Crippen LogP contribution in [0, 0.1) is 17.5 Å². The Hall–Kier alpha value is -2.09. The van der Waals surface area contributed by atoms with Crippen LogP contribution < -0.4 is 10.6 Å². The Morgan fingerprint density at radius 1 is 1.25 bits per heavy atom. The van der Waals surface area contributed by atoms with Gasteiger partial charge in [0.25, 0.3) is 5.91 Å². The SMILES string of the molecule is COCCN=C1NC(=O)C(c2cc(F)c(F)cc2F)N1. The van der Waals surface area contributed by atoms with Gasteiger partial charge in [0.15, 0.2) is 17.6 Å². The summed E-state index contributed by atoms with van der Waals surface area (Å²) in [5.41, 5.74) is -0.279. The Balaban J connectivity index is 2.20. The fourth-order valence-electron chi connectivity index (χ4n) is 1.74. The molecule has 0 saturated carbocycles. The van der Waals surface area contributed by atoms with Gasteiger partial charge in [-0.05, 0) is 6.07 Å². The summed E-state index contributed by atoms with van der Waals surface area (Å²) >= 11 is 0. The van der Waals surface area contributed by atoms with Crippen molar-refractivity contribution in [1.82, 2.24) is 10.6 Å². The van der Waals surface area contributed by atoms with Crippen molar-refractivity contribution < 1.29 is 22.7 Å². The van der Waals surface area contributed by atoms with E-state index in [0.717, 1.165) is 0 Å². The van der Waals surface area contributed by atoms with Crippen LogP contribution in [0.25, 0.3) is 0 Å². The lowest BCUT2D eigenvalue weighted by Gasteiger charge is -2.09. The van der Waals surface area contributed by atoms with Gasteiger partial charge in [-0.15, -0.1) is 0 Å². The van der Waals surface area contributed by atoms with Gasteiger partial charge in [-0.3, -0.25) is 15.1 Å². The number of nitrogens with one attached hydrogen (secondary N) is 2. The first-order valence-electron chi connectivity index (χ1n) is 5.78. The van der Waals surface area contributed by atoms with Gasteiger partial charge in [0.2, 0.25) is 0 Å². The third-order valence-corrected chi connectivity index (χ3v) is 2.70. The first-order valence-corrected chi connectivity index (χ1v) is 5.78. The number of nitrogens with zero attached hydrogens (tertiary/aromatic N) is 1. The lowest BCUT2D eigenvalue weighted by molar-refractivity contribution is -0.120. The highest BCUT2D eigenvalue weighted by molar-refractivity contribution is 6.06. The first-order chi connectivity index (χ1) is 9.52. The number of aliphatic imine (C=N–C) groups is 1. The van der Waals surface area contributed by atoms with Crippen molar-refractivity contribution in [2.45, 2.75) is 6.04 Å². The zero-order valence-corrected chi connectivity index (χ0v) is 10.5. The Bertz CT molecular complexity index is 563. The average molecular weight is 287 g/mol. The molecule has 0 bridgehead atoms. The van der Waals surface area contributed by atoms with E-state index in [-0.39, 0.29) is 11.5 Å². The predicted octanol–water partition coefficient (Wildman–Crippen LogP) is 0.867. The Kier molecular flexibility index (Phi) is 4.23. The van der Waals surface area contributed by atoms with Gasteiger partial charge in [-0.25, -0.2) is 13.2 Å². The Labute approximate surface area is 112 Å². The molecule has 108 valence electrons. The van der Waals surface area contributed by atoms with E-state index in [9.17, 15) is 18.0 Å². The van der Waals surface area contributed by atoms with Crippen molar-refractivity contribution in [3.05, 3.63) is 35.1 Å². The quantitative estimate of drug-likeness (QED) is 0.638. The predicted molar refractivity (Wildman–Crippen MR) is 64.5 cm³/mol. The normalized spacial score (nSPS) is 20.1. The minimum absolute atomic E-state index is 0.140. The maximum absolute atomic E-state index is 13.6. The van der Waals surface area contributed by atoms with Crippen molar-refractivity contribution in [2.24, 2.45) is 4.99 Å². The van der Waals surface area contributed by atoms with Gasteiger partial charge in [-0.2, -0.15) is 0 Å². The minimum atomic E-state index is -1.31. The van der Waals surface area contributed by atoms with Crippen molar-refractivity contribution in [1.29, 1.82) is 0 Å². The molecule has 1 aromatic carbocycles. The van der Waals surface area contributed by atoms with Gasteiger partial charge in [0.05, 0.1) is 13.2 Å². The Morgan fingerprint density at radius 2 is 1.95 bits per heavy atom. The highest BCUT2D eigenvalue weighted by atomic mass is 19.2. The molecular formula is C12H12F3N3O2. The number of hydrogen-bond donors (Lipinski definition) is 2. The molecule has 8 heteroatoms. The van der Waals surface area contributed by atoms with Crippen LogP contribution in [-0.4, -0.2) is 32.1 Å². The minimum Gasteiger partial charge on any atom is -0.383 e. The molecular weight excluding hydrogens is 275 g/mol. The van der Waals surface area contributed by atoms with E-state index in [1.807, 2.05) is 0 Å². The molecule has 1 aromatic rings. The largest absolute Gasteiger partial charge is 0.383 e. The number of hydrogen-bond acceptors (Lipinski definition) is 3. The van der Waals surface area contributed by atoms with E-state index in [1.165, 1.54) is 7.11 Å². The van der Waals surface area contributed by atoms with E-state index in [4.69, 9.17) is 4.74 Å². The zero-order chi connectivity index (χ0) is 14.7. The van der Waals surface area contributed by atoms with Crippen molar-refractivity contribution in [2.75, 3.05) is 20.3 Å². The average Bonchev–Trinajstić information content (AvgIpc) is 2.75. The molecule has 0 aromatic heterocycles. The molecule has 20 heavy (non-hydrogen) atoms. The Morgan fingerprint density at radius 3 is 2.65 bits per heavy atom. The summed E-state index contributed by atoms with van der Waals surface area (Å²) in [4.78, 5) is 15.7. The molecule has 1 saturated heterocycles. The summed E-state index contributed by atoms with van der Waals surface area (Å²) in [6.45, 7) is 0.650. The van der Waals surface area contributed by atoms with E-state index in [2.05, 4.69) is 15.6 Å². The van der Waals surface area contributed by atoms with Gasteiger partial charge in [0, 0.05) is 18.7 Å². The van der Waals surface area contributed by atoms with Crippen LogP contribution in [0.1, 0.15) is 11.6 Å². The molecule has 1 aliphatic rings. The number of guanidine groups is 1. The van der Waals surface area contributed by atoms with Gasteiger partial charge >= 0.3 is 0 Å². The molecule has 0 aliphatic carbocycles. The summed E-state index contributed by atoms with van der Waals surface area (Å²) in [5.74, 6) is -3.98. The summed E-state index contributed by atoms with van der Waals surface area (Å²) < 4.78 is 44.4. The third kappa shape index (κ3) is 2.90. The van der Waals surface area contributed by atoms with E-state index in [0.29, 0.717) is 25.3 Å². The second-order valence-electron chi connectivity index (χ2n) is 4.08. The summed E-state index contributed by atoms with van der Waals surface area (Å²) in [7, 11) is 1.50. The van der Waals surface area contributed by atoms with Gasteiger partial charge < -0.3 is 10.1 Å². The zero-order valence-electron chi connectivity index (χ0n) is 10.5. The fourth-order valence-corrected chi connectivity index (χ4v) is 1.74. The van der Waals surface area contributed by atoms with Crippen LogP contribution in [0.15, 0.2) is 17.1 Å². The molecule has 2 N–H and O–H groups in total. The molecule has 0 spiro atoms. The van der Waals surface area contributed by atoms with Crippen molar-refractivity contribution >= 4 is 11.9 Å². The smallest absolute Gasteiger partial charge is 0.254 e. The van der Waals surface area contributed by atoms with Crippen LogP contribution in [0.2, 0.25) is 0 Å². The maximum Gasteiger partial charge on any atom is 0.254 e. The molecule has 5 nitrogen and oxygen atoms in total. The number of carbonyl (C=O) groups excluding carboxylic acids is 1. The van der Waals surface area contributed by atoms with Crippen LogP contribution in [0.5, 0.6) is 0 Å². The topological polar surface area (TPSA) is 62.7 Å². The number of carbonyl (C=O) groups is 1. The standard InChI is InChI=1S/C12H12F3N3O2/c1-20-3-2-16-12-17-10(11(19)18-12)6-4-8(14)9(15)5-7(6)13/h4-5,10H,2-3H2,1H3,(H2,16,17,18,19). The van der Waals surface area contributed by atoms with E-state index >= 15 is 0 Å². The summed E-state index contributed by atoms with van der Waals surface area (Å²) in [6.07, 6.45) is 0. The second kappa shape index (κ2) is 5.91. The van der Waals surface area contributed by atoms with Crippen LogP contribution in [0.3, 0.4) is 0 Å². The first kappa shape index (κ1) is 14.3. The lowest BCUT2D eigenvalue weighted by atomic mass is 10.1. The number of methoxy groups -OCH3 is 1. The highest BCUT2D eigenvalue weighted by Crippen LogP contribution is 2.22. The number of amides is 1. The van der Waals surface area contributed by atoms with Crippen LogP contribution >= 0.6 is 0 Å². The van der Waals surface area contributed by atoms with E-state index in [1.54, 1.807) is 0 Å². The molecule has 1 aliphatic heterocycles. The lowest BCUT2D eigenvalue weighted by Crippen LogP contribution is -2.26. The molecule has 1 amide bonds. The van der Waals surface area contributed by atoms with Gasteiger partial charge in [0.1, 0.15) is 11.9 Å². The number of halogens is 3. The van der Waals surface area contributed by atoms with Gasteiger partial charge in [-0.1, -0.05) is 0 Å². The molecule has 2 rings (SSSR count). The monoisotopic (exact) mass is 287 g/mol. The summed E-state index contributed by atoms with van der Waals surface area (Å²) in [5, 5.41) is 4.99. The molecule has 1 fully saturated rings. The molecule has 1 heterocycles. The molecule has 1 unspecified atom stereocenters. The van der Waals surface area contributed by atoms with Crippen molar-refractivity contribution in [3.8, 4) is 0 Å².